The number of carbonyl (C=O) groups excluding carboxylic acids is 1. The molecule has 3 unspecified atom stereocenters. The summed E-state index contributed by atoms with van der Waals surface area (Å²) in [6.45, 7) is 4.18. The number of carbonyl (C=O) groups is 1. The molecule has 0 spiro atoms. The van der Waals surface area contributed by atoms with Crippen molar-refractivity contribution < 1.29 is 14.6 Å². The molecular formula is C11H19NO3. The van der Waals surface area contributed by atoms with E-state index in [9.17, 15) is 9.90 Å². The number of cyclic esters (lactones) is 1. The largest absolute Gasteiger partial charge is 0.464 e. The molecule has 0 amide bonds. The first-order valence-corrected chi connectivity index (χ1v) is 5.77. The lowest BCUT2D eigenvalue weighted by Gasteiger charge is -2.36. The predicted octanol–water partition coefficient (Wildman–Crippen LogP) is 0.395. The Morgan fingerprint density at radius 1 is 1.53 bits per heavy atom. The first-order valence-electron chi connectivity index (χ1n) is 5.77. The summed E-state index contributed by atoms with van der Waals surface area (Å²) in [5.41, 5.74) is 0. The van der Waals surface area contributed by atoms with Gasteiger partial charge in [0, 0.05) is 13.0 Å². The van der Waals surface area contributed by atoms with Crippen molar-refractivity contribution in [2.75, 3.05) is 19.7 Å². The molecule has 0 bridgehead atoms. The van der Waals surface area contributed by atoms with Crippen LogP contribution in [0.15, 0.2) is 0 Å². The molecule has 2 fully saturated rings. The second-order valence-electron chi connectivity index (χ2n) is 4.61. The number of aliphatic hydroxyl groups excluding tert-OH is 1. The third-order valence-electron chi connectivity index (χ3n) is 3.52. The van der Waals surface area contributed by atoms with Crippen LogP contribution in [-0.2, 0) is 9.53 Å². The van der Waals surface area contributed by atoms with E-state index in [0.717, 1.165) is 32.4 Å². The summed E-state index contributed by atoms with van der Waals surface area (Å²) in [7, 11) is 0. The van der Waals surface area contributed by atoms with Crippen molar-refractivity contribution in [3.05, 3.63) is 0 Å². The molecule has 0 aromatic rings. The van der Waals surface area contributed by atoms with Crippen LogP contribution in [-0.4, -0.2) is 47.8 Å². The van der Waals surface area contributed by atoms with E-state index in [2.05, 4.69) is 4.90 Å². The van der Waals surface area contributed by atoms with E-state index in [1.54, 1.807) is 0 Å². The minimum atomic E-state index is -0.273. The highest BCUT2D eigenvalue weighted by Gasteiger charge is 2.35. The molecule has 2 rings (SSSR count). The van der Waals surface area contributed by atoms with Gasteiger partial charge in [0.2, 0.25) is 0 Å². The van der Waals surface area contributed by atoms with Crippen molar-refractivity contribution >= 4 is 5.97 Å². The summed E-state index contributed by atoms with van der Waals surface area (Å²) in [6, 6.07) is -0.0495. The van der Waals surface area contributed by atoms with Crippen LogP contribution >= 0.6 is 0 Å². The number of esters is 1. The van der Waals surface area contributed by atoms with Crippen LogP contribution in [0.25, 0.3) is 0 Å². The summed E-state index contributed by atoms with van der Waals surface area (Å²) < 4.78 is 4.97. The molecule has 0 aromatic heterocycles. The zero-order valence-corrected chi connectivity index (χ0v) is 9.19. The monoisotopic (exact) mass is 213 g/mol. The summed E-state index contributed by atoms with van der Waals surface area (Å²) in [6.07, 6.45) is 2.67. The highest BCUT2D eigenvalue weighted by atomic mass is 16.5. The Hall–Kier alpha value is -0.610. The Morgan fingerprint density at radius 3 is 2.93 bits per heavy atom. The van der Waals surface area contributed by atoms with Gasteiger partial charge in [-0.2, -0.15) is 0 Å². The quantitative estimate of drug-likeness (QED) is 0.674. The average Bonchev–Trinajstić information content (AvgIpc) is 2.64. The lowest BCUT2D eigenvalue weighted by atomic mass is 9.92. The van der Waals surface area contributed by atoms with Crippen LogP contribution in [0.2, 0.25) is 0 Å². The first kappa shape index (κ1) is 10.9. The normalized spacial score (nSPS) is 35.2. The lowest BCUT2D eigenvalue weighted by Crippen LogP contribution is -2.46. The van der Waals surface area contributed by atoms with E-state index >= 15 is 0 Å². The molecule has 0 saturated carbocycles. The van der Waals surface area contributed by atoms with Crippen molar-refractivity contribution in [2.24, 2.45) is 5.92 Å². The van der Waals surface area contributed by atoms with Crippen LogP contribution in [0.5, 0.6) is 0 Å². The maximum absolute atomic E-state index is 11.4. The van der Waals surface area contributed by atoms with Gasteiger partial charge >= 0.3 is 5.97 Å². The summed E-state index contributed by atoms with van der Waals surface area (Å²) in [4.78, 5) is 13.6. The van der Waals surface area contributed by atoms with Gasteiger partial charge in [-0.05, 0) is 32.2 Å². The molecule has 0 radical (unpaired) electrons. The Bertz CT molecular complexity index is 242. The first-order chi connectivity index (χ1) is 7.18. The topological polar surface area (TPSA) is 49.8 Å². The number of ether oxygens (including phenoxy) is 1. The SMILES string of the molecule is CC(O)C1CCCN(C2CCOC2=O)C1. The van der Waals surface area contributed by atoms with Crippen LogP contribution < -0.4 is 0 Å². The summed E-state index contributed by atoms with van der Waals surface area (Å²) >= 11 is 0. The van der Waals surface area contributed by atoms with Gasteiger partial charge in [0.1, 0.15) is 6.04 Å². The Balaban J connectivity index is 1.94. The number of nitrogens with zero attached hydrogens (tertiary/aromatic N) is 1. The Kier molecular flexibility index (Phi) is 3.26. The zero-order valence-electron chi connectivity index (χ0n) is 9.19. The van der Waals surface area contributed by atoms with Crippen LogP contribution in [0.1, 0.15) is 26.2 Å². The molecule has 15 heavy (non-hydrogen) atoms. The van der Waals surface area contributed by atoms with Gasteiger partial charge in [0.05, 0.1) is 12.7 Å². The molecule has 2 saturated heterocycles. The minimum Gasteiger partial charge on any atom is -0.464 e. The van der Waals surface area contributed by atoms with Crippen molar-refractivity contribution in [1.29, 1.82) is 0 Å². The molecule has 2 aliphatic rings. The number of likely N-dealkylation sites (tertiary alicyclic amines) is 1. The number of piperidine rings is 1. The van der Waals surface area contributed by atoms with Crippen LogP contribution in [0.4, 0.5) is 0 Å². The van der Waals surface area contributed by atoms with Crippen molar-refractivity contribution in [1.82, 2.24) is 4.90 Å². The molecule has 4 nitrogen and oxygen atoms in total. The molecule has 2 heterocycles. The van der Waals surface area contributed by atoms with Crippen molar-refractivity contribution in [3.63, 3.8) is 0 Å². The lowest BCUT2D eigenvalue weighted by molar-refractivity contribution is -0.143. The summed E-state index contributed by atoms with van der Waals surface area (Å²) in [5, 5.41) is 9.56. The highest BCUT2D eigenvalue weighted by Crippen LogP contribution is 2.24. The zero-order chi connectivity index (χ0) is 10.8. The number of aliphatic hydroxyl groups is 1. The molecule has 4 heteroatoms. The van der Waals surface area contributed by atoms with Crippen molar-refractivity contribution in [3.8, 4) is 0 Å². The van der Waals surface area contributed by atoms with Gasteiger partial charge < -0.3 is 9.84 Å². The van der Waals surface area contributed by atoms with Gasteiger partial charge in [-0.3, -0.25) is 9.69 Å². The second kappa shape index (κ2) is 4.49. The number of hydrogen-bond donors (Lipinski definition) is 1. The van der Waals surface area contributed by atoms with E-state index < -0.39 is 0 Å². The van der Waals surface area contributed by atoms with E-state index in [-0.39, 0.29) is 18.1 Å². The molecular weight excluding hydrogens is 194 g/mol. The van der Waals surface area contributed by atoms with Gasteiger partial charge in [-0.15, -0.1) is 0 Å². The second-order valence-corrected chi connectivity index (χ2v) is 4.61. The fourth-order valence-electron chi connectivity index (χ4n) is 2.53. The average molecular weight is 213 g/mol. The fraction of sp³-hybridized carbons (Fsp3) is 0.909. The smallest absolute Gasteiger partial charge is 0.323 e. The number of hydrogen-bond acceptors (Lipinski definition) is 4. The molecule has 3 atom stereocenters. The number of rotatable bonds is 2. The summed E-state index contributed by atoms with van der Waals surface area (Å²) in [5.74, 6) is 0.230. The van der Waals surface area contributed by atoms with Gasteiger partial charge in [0.25, 0.3) is 0 Å². The molecule has 86 valence electrons. The van der Waals surface area contributed by atoms with E-state index in [4.69, 9.17) is 4.74 Å². The Labute approximate surface area is 90.2 Å². The fourth-order valence-corrected chi connectivity index (χ4v) is 2.53. The van der Waals surface area contributed by atoms with Crippen LogP contribution in [0, 0.1) is 5.92 Å². The minimum absolute atomic E-state index is 0.0495. The van der Waals surface area contributed by atoms with E-state index in [1.807, 2.05) is 6.92 Å². The highest BCUT2D eigenvalue weighted by molar-refractivity contribution is 5.77. The van der Waals surface area contributed by atoms with Crippen LogP contribution in [0.3, 0.4) is 0 Å². The van der Waals surface area contributed by atoms with Gasteiger partial charge in [-0.1, -0.05) is 0 Å². The Morgan fingerprint density at radius 2 is 2.33 bits per heavy atom. The maximum atomic E-state index is 11.4. The predicted molar refractivity (Wildman–Crippen MR) is 55.3 cm³/mol. The van der Waals surface area contributed by atoms with Gasteiger partial charge in [0.15, 0.2) is 0 Å². The molecule has 1 N–H and O–H groups in total. The van der Waals surface area contributed by atoms with E-state index in [0.29, 0.717) is 12.5 Å². The molecule has 0 aliphatic carbocycles. The van der Waals surface area contributed by atoms with Crippen molar-refractivity contribution in [2.45, 2.75) is 38.3 Å². The molecule has 2 aliphatic heterocycles. The maximum Gasteiger partial charge on any atom is 0.323 e. The third-order valence-corrected chi connectivity index (χ3v) is 3.52. The third kappa shape index (κ3) is 2.32. The molecule has 0 aromatic carbocycles. The van der Waals surface area contributed by atoms with E-state index in [1.165, 1.54) is 0 Å². The van der Waals surface area contributed by atoms with Gasteiger partial charge in [-0.25, -0.2) is 0 Å². The standard InChI is InChI=1S/C11H19NO3/c1-8(13)9-3-2-5-12(7-9)10-4-6-15-11(10)14/h8-10,13H,2-7H2,1H3.